The van der Waals surface area contributed by atoms with Gasteiger partial charge in [-0.25, -0.2) is 8.78 Å². The zero-order chi connectivity index (χ0) is 17.7. The van der Waals surface area contributed by atoms with Gasteiger partial charge >= 0.3 is 11.8 Å². The molecule has 0 fully saturated rings. The number of carbonyl (C=O) groups excluding carboxylic acids is 2. The fraction of sp³-hybridized carbons (Fsp3) is 0.176. The van der Waals surface area contributed by atoms with Gasteiger partial charge in [0.2, 0.25) is 0 Å². The van der Waals surface area contributed by atoms with E-state index in [0.29, 0.717) is 11.6 Å². The molecule has 0 aliphatic heterocycles. The number of hydrogen-bond acceptors (Lipinski definition) is 3. The fourth-order valence-corrected chi connectivity index (χ4v) is 2.05. The third-order valence-electron chi connectivity index (χ3n) is 3.32. The monoisotopic (exact) mass is 334 g/mol. The van der Waals surface area contributed by atoms with Crippen molar-refractivity contribution in [3.63, 3.8) is 0 Å². The Balaban J connectivity index is 1.95. The molecule has 5 nitrogen and oxygen atoms in total. The van der Waals surface area contributed by atoms with Gasteiger partial charge in [-0.2, -0.15) is 0 Å². The highest BCUT2D eigenvalue weighted by molar-refractivity contribution is 6.39. The van der Waals surface area contributed by atoms with Crippen LogP contribution in [0.5, 0.6) is 0 Å². The summed E-state index contributed by atoms with van der Waals surface area (Å²) in [6.07, 6.45) is 0. The minimum Gasteiger partial charge on any atom is -0.384 e. The van der Waals surface area contributed by atoms with E-state index in [-0.39, 0.29) is 12.2 Å². The number of aliphatic hydroxyl groups is 1. The Morgan fingerprint density at radius 2 is 1.62 bits per heavy atom. The highest BCUT2D eigenvalue weighted by atomic mass is 19.1. The number of amides is 2. The molecule has 2 amide bonds. The van der Waals surface area contributed by atoms with E-state index in [1.54, 1.807) is 30.3 Å². The first-order valence-corrected chi connectivity index (χ1v) is 7.11. The molecule has 0 spiro atoms. The lowest BCUT2D eigenvalue weighted by atomic mass is 9.96. The molecule has 0 saturated heterocycles. The van der Waals surface area contributed by atoms with Crippen LogP contribution in [-0.4, -0.2) is 23.5 Å². The van der Waals surface area contributed by atoms with Gasteiger partial charge in [0.25, 0.3) is 0 Å². The van der Waals surface area contributed by atoms with Crippen LogP contribution in [-0.2, 0) is 15.2 Å². The standard InChI is InChI=1S/C17H16F2N2O3/c1-17(24,11-5-3-2-4-6-11)10-20-15(22)16(23)21-14-8-12(18)7-13(19)9-14/h2-9,24H,10H2,1H3,(H,20,22)(H,21,23). The van der Waals surface area contributed by atoms with Gasteiger partial charge < -0.3 is 15.7 Å². The zero-order valence-corrected chi connectivity index (χ0v) is 12.8. The van der Waals surface area contributed by atoms with Crippen molar-refractivity contribution in [1.29, 1.82) is 0 Å². The maximum absolute atomic E-state index is 13.0. The summed E-state index contributed by atoms with van der Waals surface area (Å²) in [4.78, 5) is 23.5. The van der Waals surface area contributed by atoms with Crippen molar-refractivity contribution in [3.8, 4) is 0 Å². The first-order valence-electron chi connectivity index (χ1n) is 7.11. The molecule has 2 aromatic rings. The molecular weight excluding hydrogens is 318 g/mol. The summed E-state index contributed by atoms with van der Waals surface area (Å²) >= 11 is 0. The maximum Gasteiger partial charge on any atom is 0.313 e. The highest BCUT2D eigenvalue weighted by Gasteiger charge is 2.25. The van der Waals surface area contributed by atoms with Crippen molar-refractivity contribution in [2.24, 2.45) is 0 Å². The number of halogens is 2. The van der Waals surface area contributed by atoms with Crippen molar-refractivity contribution < 1.29 is 23.5 Å². The van der Waals surface area contributed by atoms with E-state index in [4.69, 9.17) is 0 Å². The summed E-state index contributed by atoms with van der Waals surface area (Å²) in [6, 6.07) is 11.0. The summed E-state index contributed by atoms with van der Waals surface area (Å²) in [5, 5.41) is 14.7. The molecule has 2 aromatic carbocycles. The molecule has 126 valence electrons. The van der Waals surface area contributed by atoms with Crippen LogP contribution in [0.25, 0.3) is 0 Å². The Labute approximate surface area is 137 Å². The quantitative estimate of drug-likeness (QED) is 0.748. The molecular formula is C17H16F2N2O3. The number of anilines is 1. The van der Waals surface area contributed by atoms with Crippen LogP contribution in [0.3, 0.4) is 0 Å². The van der Waals surface area contributed by atoms with Crippen molar-refractivity contribution in [1.82, 2.24) is 5.32 Å². The second-order valence-electron chi connectivity index (χ2n) is 5.43. The van der Waals surface area contributed by atoms with E-state index < -0.39 is 29.0 Å². The minimum atomic E-state index is -1.37. The predicted molar refractivity (Wildman–Crippen MR) is 84.0 cm³/mol. The van der Waals surface area contributed by atoms with Crippen molar-refractivity contribution in [2.75, 3.05) is 11.9 Å². The zero-order valence-electron chi connectivity index (χ0n) is 12.8. The van der Waals surface area contributed by atoms with E-state index in [1.807, 2.05) is 0 Å². The van der Waals surface area contributed by atoms with E-state index in [9.17, 15) is 23.5 Å². The van der Waals surface area contributed by atoms with Crippen LogP contribution in [0.1, 0.15) is 12.5 Å². The summed E-state index contributed by atoms with van der Waals surface area (Å²) < 4.78 is 26.1. The lowest BCUT2D eigenvalue weighted by molar-refractivity contribution is -0.136. The Hall–Kier alpha value is -2.80. The van der Waals surface area contributed by atoms with E-state index in [1.165, 1.54) is 6.92 Å². The van der Waals surface area contributed by atoms with Crippen molar-refractivity contribution in [3.05, 3.63) is 65.7 Å². The van der Waals surface area contributed by atoms with Crippen LogP contribution >= 0.6 is 0 Å². The summed E-state index contributed by atoms with van der Waals surface area (Å²) in [5.41, 5.74) is -0.984. The SMILES string of the molecule is CC(O)(CNC(=O)C(=O)Nc1cc(F)cc(F)c1)c1ccccc1. The van der Waals surface area contributed by atoms with Gasteiger partial charge in [0.1, 0.15) is 17.2 Å². The number of benzene rings is 2. The van der Waals surface area contributed by atoms with Crippen LogP contribution in [0, 0.1) is 11.6 Å². The molecule has 0 heterocycles. The second kappa shape index (κ2) is 7.18. The van der Waals surface area contributed by atoms with Gasteiger partial charge in [-0.15, -0.1) is 0 Å². The third-order valence-corrected chi connectivity index (χ3v) is 3.32. The molecule has 7 heteroatoms. The lowest BCUT2D eigenvalue weighted by Gasteiger charge is -2.24. The molecule has 0 radical (unpaired) electrons. The molecule has 3 N–H and O–H groups in total. The average Bonchev–Trinajstić information content (AvgIpc) is 2.52. The molecule has 0 saturated carbocycles. The molecule has 2 rings (SSSR count). The third kappa shape index (κ3) is 4.60. The van der Waals surface area contributed by atoms with E-state index in [0.717, 1.165) is 12.1 Å². The highest BCUT2D eigenvalue weighted by Crippen LogP contribution is 2.19. The summed E-state index contributed by atoms with van der Waals surface area (Å²) in [7, 11) is 0. The van der Waals surface area contributed by atoms with Gasteiger partial charge in [-0.3, -0.25) is 9.59 Å². The van der Waals surface area contributed by atoms with Crippen LogP contribution in [0.2, 0.25) is 0 Å². The number of carbonyl (C=O) groups is 2. The van der Waals surface area contributed by atoms with E-state index >= 15 is 0 Å². The molecule has 1 atom stereocenters. The maximum atomic E-state index is 13.0. The predicted octanol–water partition coefficient (Wildman–Crippen LogP) is 1.93. The summed E-state index contributed by atoms with van der Waals surface area (Å²) in [5.74, 6) is -3.88. The normalized spacial score (nSPS) is 13.0. The van der Waals surface area contributed by atoms with Crippen molar-refractivity contribution in [2.45, 2.75) is 12.5 Å². The van der Waals surface area contributed by atoms with Crippen molar-refractivity contribution >= 4 is 17.5 Å². The molecule has 1 unspecified atom stereocenters. The average molecular weight is 334 g/mol. The number of rotatable bonds is 4. The number of hydrogen-bond donors (Lipinski definition) is 3. The van der Waals surface area contributed by atoms with Gasteiger partial charge in [0, 0.05) is 11.8 Å². The van der Waals surface area contributed by atoms with Crippen LogP contribution in [0.4, 0.5) is 14.5 Å². The van der Waals surface area contributed by atoms with Gasteiger partial charge in [0.05, 0.1) is 6.54 Å². The number of nitrogens with one attached hydrogen (secondary N) is 2. The van der Waals surface area contributed by atoms with Crippen LogP contribution < -0.4 is 10.6 Å². The van der Waals surface area contributed by atoms with Gasteiger partial charge in [-0.05, 0) is 24.6 Å². The van der Waals surface area contributed by atoms with E-state index in [2.05, 4.69) is 10.6 Å². The molecule has 0 aliphatic rings. The molecule has 0 bridgehead atoms. The molecule has 0 aliphatic carbocycles. The molecule has 0 aromatic heterocycles. The Bertz CT molecular complexity index is 729. The first kappa shape index (κ1) is 17.6. The Morgan fingerprint density at radius 3 is 2.21 bits per heavy atom. The van der Waals surface area contributed by atoms with Crippen LogP contribution in [0.15, 0.2) is 48.5 Å². The van der Waals surface area contributed by atoms with Gasteiger partial charge in [-0.1, -0.05) is 30.3 Å². The first-order chi connectivity index (χ1) is 11.3. The Kier molecular flexibility index (Phi) is 5.25. The fourth-order valence-electron chi connectivity index (χ4n) is 2.05. The smallest absolute Gasteiger partial charge is 0.313 e. The molecule has 24 heavy (non-hydrogen) atoms. The lowest BCUT2D eigenvalue weighted by Crippen LogP contribution is -2.43. The summed E-state index contributed by atoms with van der Waals surface area (Å²) in [6.45, 7) is 1.28. The minimum absolute atomic E-state index is 0.178. The Morgan fingerprint density at radius 1 is 1.04 bits per heavy atom. The van der Waals surface area contributed by atoms with Gasteiger partial charge in [0.15, 0.2) is 0 Å². The largest absolute Gasteiger partial charge is 0.384 e. The second-order valence-corrected chi connectivity index (χ2v) is 5.43. The topological polar surface area (TPSA) is 78.4 Å².